The zero-order valence-corrected chi connectivity index (χ0v) is 11.3. The van der Waals surface area contributed by atoms with Gasteiger partial charge >= 0.3 is 0 Å². The fourth-order valence-corrected chi connectivity index (χ4v) is 3.32. The average molecular weight is 238 g/mol. The molecule has 1 aliphatic carbocycles. The van der Waals surface area contributed by atoms with Gasteiger partial charge in [0, 0.05) is 29.6 Å². The van der Waals surface area contributed by atoms with Crippen LogP contribution in [0.15, 0.2) is 5.38 Å². The van der Waals surface area contributed by atoms with E-state index in [1.807, 2.05) is 0 Å². The van der Waals surface area contributed by atoms with Crippen LogP contribution in [0.4, 0.5) is 0 Å². The van der Waals surface area contributed by atoms with Crippen LogP contribution < -0.4 is 5.32 Å². The van der Waals surface area contributed by atoms with E-state index in [2.05, 4.69) is 36.5 Å². The number of hydrogen-bond donors (Lipinski definition) is 1. The van der Waals surface area contributed by atoms with Gasteiger partial charge in [0.25, 0.3) is 0 Å². The van der Waals surface area contributed by atoms with Crippen molar-refractivity contribution in [1.29, 1.82) is 0 Å². The highest BCUT2D eigenvalue weighted by Crippen LogP contribution is 2.26. The van der Waals surface area contributed by atoms with E-state index in [1.165, 1.54) is 24.3 Å². The number of hydrogen-bond acceptors (Lipinski definition) is 3. The lowest BCUT2D eigenvalue weighted by molar-refractivity contribution is 0.416. The molecule has 0 bridgehead atoms. The highest BCUT2D eigenvalue weighted by atomic mass is 32.1. The van der Waals surface area contributed by atoms with E-state index in [-0.39, 0.29) is 0 Å². The van der Waals surface area contributed by atoms with Gasteiger partial charge in [-0.25, -0.2) is 4.98 Å². The van der Waals surface area contributed by atoms with E-state index in [0.717, 1.165) is 24.2 Å². The Bertz CT molecular complexity index is 334. The Morgan fingerprint density at radius 2 is 2.38 bits per heavy atom. The van der Waals surface area contributed by atoms with Crippen LogP contribution in [0, 0.1) is 12.8 Å². The summed E-state index contributed by atoms with van der Waals surface area (Å²) in [6, 6.07) is 0.739. The summed E-state index contributed by atoms with van der Waals surface area (Å²) in [7, 11) is 0. The lowest BCUT2D eigenvalue weighted by Crippen LogP contribution is -2.33. The molecule has 1 aromatic heterocycles. The summed E-state index contributed by atoms with van der Waals surface area (Å²) in [6.07, 6.45) is 4.14. The van der Waals surface area contributed by atoms with Crippen LogP contribution in [0.1, 0.15) is 49.7 Å². The van der Waals surface area contributed by atoms with Gasteiger partial charge in [0.05, 0.1) is 5.01 Å². The van der Waals surface area contributed by atoms with E-state index in [4.69, 9.17) is 0 Å². The number of aryl methyl sites for hydroxylation is 1. The van der Waals surface area contributed by atoms with Gasteiger partial charge in [-0.1, -0.05) is 20.3 Å². The van der Waals surface area contributed by atoms with E-state index in [1.54, 1.807) is 11.3 Å². The molecule has 3 atom stereocenters. The number of rotatable bonds is 4. The molecule has 1 saturated carbocycles. The highest BCUT2D eigenvalue weighted by molar-refractivity contribution is 7.09. The molecule has 16 heavy (non-hydrogen) atoms. The van der Waals surface area contributed by atoms with Crippen molar-refractivity contribution in [2.24, 2.45) is 5.92 Å². The first kappa shape index (κ1) is 12.1. The first-order valence-electron chi connectivity index (χ1n) is 6.32. The molecule has 0 aliphatic heterocycles. The fraction of sp³-hybridized carbons (Fsp3) is 0.769. The summed E-state index contributed by atoms with van der Waals surface area (Å²) in [4.78, 5) is 4.55. The molecule has 1 aliphatic rings. The first-order chi connectivity index (χ1) is 7.66. The van der Waals surface area contributed by atoms with Crippen molar-refractivity contribution in [1.82, 2.24) is 10.3 Å². The van der Waals surface area contributed by atoms with Crippen LogP contribution in [0.5, 0.6) is 0 Å². The zero-order valence-electron chi connectivity index (χ0n) is 10.5. The average Bonchev–Trinajstić information content (AvgIpc) is 2.84. The summed E-state index contributed by atoms with van der Waals surface area (Å²) in [5.41, 5.74) is 1.15. The van der Waals surface area contributed by atoms with Crippen molar-refractivity contribution in [2.45, 2.75) is 52.0 Å². The molecule has 1 aromatic rings. The van der Waals surface area contributed by atoms with Crippen molar-refractivity contribution in [3.05, 3.63) is 16.1 Å². The lowest BCUT2D eigenvalue weighted by Gasteiger charge is -2.19. The second kappa shape index (κ2) is 5.28. The Kier molecular flexibility index (Phi) is 3.98. The minimum absolute atomic E-state index is 0.548. The normalized spacial score (nSPS) is 27.2. The quantitative estimate of drug-likeness (QED) is 0.870. The predicted octanol–water partition coefficient (Wildman–Crippen LogP) is 3.33. The van der Waals surface area contributed by atoms with Crippen molar-refractivity contribution in [3.63, 3.8) is 0 Å². The lowest BCUT2D eigenvalue weighted by atomic mass is 10.1. The predicted molar refractivity (Wildman–Crippen MR) is 70.1 cm³/mol. The van der Waals surface area contributed by atoms with E-state index >= 15 is 0 Å². The Hall–Kier alpha value is -0.410. The Morgan fingerprint density at radius 1 is 1.56 bits per heavy atom. The largest absolute Gasteiger partial charge is 0.313 e. The maximum absolute atomic E-state index is 4.55. The molecule has 3 heteroatoms. The molecule has 0 aromatic carbocycles. The molecule has 0 saturated heterocycles. The monoisotopic (exact) mass is 238 g/mol. The standard InChI is InChI=1S/C13H22N2S/c1-9-5-4-6-12(9)14-7-10(2)13-15-11(3)8-16-13/h8-10,12,14H,4-7H2,1-3H3. The number of thiazole rings is 1. The van der Waals surface area contributed by atoms with E-state index in [9.17, 15) is 0 Å². The number of aromatic nitrogens is 1. The van der Waals surface area contributed by atoms with Gasteiger partial charge in [-0.05, 0) is 25.7 Å². The fourth-order valence-electron chi connectivity index (χ4n) is 2.46. The van der Waals surface area contributed by atoms with Crippen molar-refractivity contribution < 1.29 is 0 Å². The van der Waals surface area contributed by atoms with Crippen molar-refractivity contribution in [2.75, 3.05) is 6.54 Å². The maximum atomic E-state index is 4.55. The molecule has 2 rings (SSSR count). The third-order valence-electron chi connectivity index (χ3n) is 3.61. The summed E-state index contributed by atoms with van der Waals surface area (Å²) in [5, 5.41) is 7.12. The van der Waals surface area contributed by atoms with Crippen LogP contribution in [0.25, 0.3) is 0 Å². The number of nitrogens with zero attached hydrogens (tertiary/aromatic N) is 1. The summed E-state index contributed by atoms with van der Waals surface area (Å²) in [5.74, 6) is 1.40. The summed E-state index contributed by atoms with van der Waals surface area (Å²) < 4.78 is 0. The van der Waals surface area contributed by atoms with Gasteiger partial charge < -0.3 is 5.32 Å². The SMILES string of the molecule is Cc1csc(C(C)CNC2CCCC2C)n1. The molecule has 90 valence electrons. The first-order valence-corrected chi connectivity index (χ1v) is 7.20. The second-order valence-corrected chi connectivity index (χ2v) is 6.04. The van der Waals surface area contributed by atoms with Crippen molar-refractivity contribution >= 4 is 11.3 Å². The second-order valence-electron chi connectivity index (χ2n) is 5.15. The Morgan fingerprint density at radius 3 is 2.94 bits per heavy atom. The van der Waals surface area contributed by atoms with Gasteiger partial charge in [0.1, 0.15) is 0 Å². The highest BCUT2D eigenvalue weighted by Gasteiger charge is 2.23. The van der Waals surface area contributed by atoms with Crippen LogP contribution in [0.3, 0.4) is 0 Å². The Labute approximate surface area is 102 Å². The summed E-state index contributed by atoms with van der Waals surface area (Å²) in [6.45, 7) is 7.77. The minimum Gasteiger partial charge on any atom is -0.313 e. The van der Waals surface area contributed by atoms with Gasteiger partial charge in [0.15, 0.2) is 0 Å². The third kappa shape index (κ3) is 2.83. The molecule has 0 spiro atoms. The number of nitrogens with one attached hydrogen (secondary N) is 1. The smallest absolute Gasteiger partial charge is 0.0969 e. The van der Waals surface area contributed by atoms with Crippen molar-refractivity contribution in [3.8, 4) is 0 Å². The van der Waals surface area contributed by atoms with Crippen LogP contribution in [0.2, 0.25) is 0 Å². The van der Waals surface area contributed by atoms with Gasteiger partial charge in [-0.15, -0.1) is 11.3 Å². The molecule has 0 amide bonds. The van der Waals surface area contributed by atoms with Crippen LogP contribution in [-0.4, -0.2) is 17.6 Å². The minimum atomic E-state index is 0.548. The molecule has 1 N–H and O–H groups in total. The molecule has 2 nitrogen and oxygen atoms in total. The Balaban J connectivity index is 1.81. The van der Waals surface area contributed by atoms with Gasteiger partial charge in [-0.3, -0.25) is 0 Å². The van der Waals surface area contributed by atoms with Crippen LogP contribution in [-0.2, 0) is 0 Å². The molecule has 1 heterocycles. The molecule has 0 radical (unpaired) electrons. The van der Waals surface area contributed by atoms with Gasteiger partial charge in [0.2, 0.25) is 0 Å². The zero-order chi connectivity index (χ0) is 11.5. The third-order valence-corrected chi connectivity index (χ3v) is 4.80. The van der Waals surface area contributed by atoms with Gasteiger partial charge in [-0.2, -0.15) is 0 Å². The molecular formula is C13H22N2S. The van der Waals surface area contributed by atoms with Crippen LogP contribution >= 0.6 is 11.3 Å². The summed E-state index contributed by atoms with van der Waals surface area (Å²) >= 11 is 1.79. The molecule has 3 unspecified atom stereocenters. The molecular weight excluding hydrogens is 216 g/mol. The molecule has 1 fully saturated rings. The maximum Gasteiger partial charge on any atom is 0.0969 e. The van der Waals surface area contributed by atoms with E-state index in [0.29, 0.717) is 5.92 Å². The topological polar surface area (TPSA) is 24.9 Å². The van der Waals surface area contributed by atoms with E-state index < -0.39 is 0 Å².